The van der Waals surface area contributed by atoms with Crippen LogP contribution in [0, 0.1) is 6.92 Å². The molecule has 3 rings (SSSR count). The van der Waals surface area contributed by atoms with Gasteiger partial charge in [-0.3, -0.25) is 4.98 Å². The molecule has 0 fully saturated rings. The van der Waals surface area contributed by atoms with Crippen molar-refractivity contribution in [2.45, 2.75) is 13.0 Å². The van der Waals surface area contributed by atoms with Crippen LogP contribution in [-0.2, 0) is 0 Å². The third kappa shape index (κ3) is 2.02. The zero-order valence-electron chi connectivity index (χ0n) is 11.4. The van der Waals surface area contributed by atoms with Crippen molar-refractivity contribution in [2.75, 3.05) is 7.11 Å². The lowest BCUT2D eigenvalue weighted by molar-refractivity contribution is 0.414. The minimum atomic E-state index is -0.234. The second-order valence-electron chi connectivity index (χ2n) is 4.71. The molecule has 0 aliphatic carbocycles. The van der Waals surface area contributed by atoms with Crippen LogP contribution in [0.5, 0.6) is 5.75 Å². The average Bonchev–Trinajstić information content (AvgIpc) is 2.90. The SMILES string of the molecule is COc1ccc(C(N)c2cnn3ccncc23)c(C)c1. The van der Waals surface area contributed by atoms with Gasteiger partial charge in [-0.1, -0.05) is 6.07 Å². The molecule has 0 aliphatic heterocycles. The highest BCUT2D eigenvalue weighted by atomic mass is 16.5. The second kappa shape index (κ2) is 4.94. The van der Waals surface area contributed by atoms with E-state index >= 15 is 0 Å². The molecule has 102 valence electrons. The largest absolute Gasteiger partial charge is 0.497 e. The maximum atomic E-state index is 6.40. The molecule has 1 aromatic carbocycles. The predicted molar refractivity (Wildman–Crippen MR) is 76.7 cm³/mol. The number of nitrogens with zero attached hydrogens (tertiary/aromatic N) is 3. The first-order chi connectivity index (χ1) is 9.70. The van der Waals surface area contributed by atoms with Gasteiger partial charge in [0.1, 0.15) is 5.75 Å². The molecule has 0 aliphatic rings. The van der Waals surface area contributed by atoms with Crippen LogP contribution in [0.2, 0.25) is 0 Å². The van der Waals surface area contributed by atoms with Gasteiger partial charge in [-0.25, -0.2) is 4.52 Å². The molecular weight excluding hydrogens is 252 g/mol. The van der Waals surface area contributed by atoms with E-state index in [0.29, 0.717) is 0 Å². The Labute approximate surface area is 117 Å². The van der Waals surface area contributed by atoms with E-state index in [9.17, 15) is 0 Å². The van der Waals surface area contributed by atoms with Gasteiger partial charge >= 0.3 is 0 Å². The second-order valence-corrected chi connectivity index (χ2v) is 4.71. The van der Waals surface area contributed by atoms with Crippen molar-refractivity contribution in [3.05, 3.63) is 59.7 Å². The van der Waals surface area contributed by atoms with Crippen molar-refractivity contribution in [2.24, 2.45) is 5.73 Å². The number of hydrogen-bond acceptors (Lipinski definition) is 4. The van der Waals surface area contributed by atoms with Gasteiger partial charge in [-0.15, -0.1) is 0 Å². The van der Waals surface area contributed by atoms with Crippen molar-refractivity contribution >= 4 is 5.52 Å². The Morgan fingerprint density at radius 3 is 2.85 bits per heavy atom. The average molecular weight is 268 g/mol. The summed E-state index contributed by atoms with van der Waals surface area (Å²) in [6, 6.07) is 5.67. The normalized spacial score (nSPS) is 12.6. The van der Waals surface area contributed by atoms with Crippen LogP contribution in [0.25, 0.3) is 5.52 Å². The topological polar surface area (TPSA) is 65.4 Å². The molecule has 3 aromatic rings. The van der Waals surface area contributed by atoms with E-state index in [2.05, 4.69) is 10.1 Å². The summed E-state index contributed by atoms with van der Waals surface area (Å²) < 4.78 is 7.00. The van der Waals surface area contributed by atoms with E-state index in [1.165, 1.54) is 0 Å². The number of hydrogen-bond donors (Lipinski definition) is 1. The molecule has 0 spiro atoms. The summed E-state index contributed by atoms with van der Waals surface area (Å²) in [5, 5.41) is 4.30. The van der Waals surface area contributed by atoms with Gasteiger partial charge in [-0.05, 0) is 30.2 Å². The fraction of sp³-hybridized carbons (Fsp3) is 0.200. The number of methoxy groups -OCH3 is 1. The lowest BCUT2D eigenvalue weighted by Crippen LogP contribution is -2.13. The summed E-state index contributed by atoms with van der Waals surface area (Å²) in [5.74, 6) is 0.833. The van der Waals surface area contributed by atoms with Crippen molar-refractivity contribution in [3.63, 3.8) is 0 Å². The maximum Gasteiger partial charge on any atom is 0.119 e. The summed E-state index contributed by atoms with van der Waals surface area (Å²) in [7, 11) is 1.66. The van der Waals surface area contributed by atoms with Crippen molar-refractivity contribution in [3.8, 4) is 5.75 Å². The van der Waals surface area contributed by atoms with Gasteiger partial charge in [0.25, 0.3) is 0 Å². The molecule has 0 radical (unpaired) electrons. The van der Waals surface area contributed by atoms with Gasteiger partial charge in [0.2, 0.25) is 0 Å². The molecule has 20 heavy (non-hydrogen) atoms. The number of rotatable bonds is 3. The molecule has 0 saturated carbocycles. The number of aryl methyl sites for hydroxylation is 1. The number of benzene rings is 1. The molecule has 2 aromatic heterocycles. The highest BCUT2D eigenvalue weighted by Gasteiger charge is 2.16. The van der Waals surface area contributed by atoms with Crippen molar-refractivity contribution < 1.29 is 4.74 Å². The Morgan fingerprint density at radius 2 is 2.10 bits per heavy atom. The Bertz CT molecular complexity index is 750. The smallest absolute Gasteiger partial charge is 0.119 e. The molecule has 0 amide bonds. The summed E-state index contributed by atoms with van der Waals surface area (Å²) in [4.78, 5) is 4.14. The molecule has 2 heterocycles. The zero-order chi connectivity index (χ0) is 14.1. The highest BCUT2D eigenvalue weighted by Crippen LogP contribution is 2.27. The fourth-order valence-corrected chi connectivity index (χ4v) is 2.38. The highest BCUT2D eigenvalue weighted by molar-refractivity contribution is 5.56. The lowest BCUT2D eigenvalue weighted by atomic mass is 9.96. The van der Waals surface area contributed by atoms with Crippen LogP contribution < -0.4 is 10.5 Å². The van der Waals surface area contributed by atoms with Gasteiger partial charge in [0, 0.05) is 18.0 Å². The van der Waals surface area contributed by atoms with E-state index in [1.54, 1.807) is 30.2 Å². The monoisotopic (exact) mass is 268 g/mol. The van der Waals surface area contributed by atoms with Crippen molar-refractivity contribution in [1.29, 1.82) is 0 Å². The Morgan fingerprint density at radius 1 is 1.25 bits per heavy atom. The Kier molecular flexibility index (Phi) is 3.12. The van der Waals surface area contributed by atoms with E-state index in [-0.39, 0.29) is 6.04 Å². The third-order valence-electron chi connectivity index (χ3n) is 3.50. The molecule has 2 N–H and O–H groups in total. The van der Waals surface area contributed by atoms with Crippen LogP contribution in [0.15, 0.2) is 43.0 Å². The van der Waals surface area contributed by atoms with Crippen LogP contribution in [-0.4, -0.2) is 21.7 Å². The first-order valence-corrected chi connectivity index (χ1v) is 6.38. The molecule has 0 bridgehead atoms. The molecule has 5 heteroatoms. The van der Waals surface area contributed by atoms with Crippen LogP contribution in [0.4, 0.5) is 0 Å². The van der Waals surface area contributed by atoms with Gasteiger partial charge in [0.05, 0.1) is 31.1 Å². The molecule has 1 atom stereocenters. The summed E-state index contributed by atoms with van der Waals surface area (Å²) >= 11 is 0. The van der Waals surface area contributed by atoms with Crippen LogP contribution >= 0.6 is 0 Å². The molecular formula is C15H16N4O. The number of fused-ring (bicyclic) bond motifs is 1. The third-order valence-corrected chi connectivity index (χ3v) is 3.50. The molecule has 0 saturated heterocycles. The van der Waals surface area contributed by atoms with E-state index in [1.807, 2.05) is 31.3 Å². The van der Waals surface area contributed by atoms with Crippen LogP contribution in [0.1, 0.15) is 22.7 Å². The fourth-order valence-electron chi connectivity index (χ4n) is 2.38. The maximum absolute atomic E-state index is 6.40. The minimum Gasteiger partial charge on any atom is -0.497 e. The molecule has 5 nitrogen and oxygen atoms in total. The van der Waals surface area contributed by atoms with E-state index in [0.717, 1.165) is 28.0 Å². The number of ether oxygens (including phenoxy) is 1. The standard InChI is InChI=1S/C15H16N4O/c1-10-7-11(20-2)3-4-12(10)15(16)13-8-18-19-6-5-17-9-14(13)19/h3-9,15H,16H2,1-2H3. The van der Waals surface area contributed by atoms with Crippen molar-refractivity contribution in [1.82, 2.24) is 14.6 Å². The number of aromatic nitrogens is 3. The minimum absolute atomic E-state index is 0.234. The lowest BCUT2D eigenvalue weighted by Gasteiger charge is -2.14. The van der Waals surface area contributed by atoms with E-state index in [4.69, 9.17) is 10.5 Å². The Hall–Kier alpha value is -2.40. The summed E-state index contributed by atoms with van der Waals surface area (Å²) in [6.07, 6.45) is 7.09. The van der Waals surface area contributed by atoms with Gasteiger partial charge in [-0.2, -0.15) is 5.10 Å². The van der Waals surface area contributed by atoms with Gasteiger partial charge in [0.15, 0.2) is 0 Å². The summed E-state index contributed by atoms with van der Waals surface area (Å²) in [5.41, 5.74) is 10.4. The zero-order valence-corrected chi connectivity index (χ0v) is 11.4. The van der Waals surface area contributed by atoms with Gasteiger partial charge < -0.3 is 10.5 Å². The summed E-state index contributed by atoms with van der Waals surface area (Å²) in [6.45, 7) is 2.03. The Balaban J connectivity index is 2.06. The predicted octanol–water partition coefficient (Wildman–Crippen LogP) is 2.09. The van der Waals surface area contributed by atoms with Crippen LogP contribution in [0.3, 0.4) is 0 Å². The quantitative estimate of drug-likeness (QED) is 0.790. The first kappa shape index (κ1) is 12.6. The first-order valence-electron chi connectivity index (χ1n) is 6.38. The van der Waals surface area contributed by atoms with E-state index < -0.39 is 0 Å². The number of nitrogens with two attached hydrogens (primary N) is 1. The molecule has 1 unspecified atom stereocenters.